The summed E-state index contributed by atoms with van der Waals surface area (Å²) in [5.41, 5.74) is 1.96. The topological polar surface area (TPSA) is 38.8 Å². The van der Waals surface area contributed by atoms with Crippen molar-refractivity contribution in [3.05, 3.63) is 63.0 Å². The van der Waals surface area contributed by atoms with E-state index in [-0.39, 0.29) is 12.5 Å². The minimum Gasteiger partial charge on any atom is -0.493 e. The van der Waals surface area contributed by atoms with E-state index in [0.29, 0.717) is 31.7 Å². The quantitative estimate of drug-likeness (QED) is 0.315. The molecule has 148 valence electrons. The molecule has 7 heteroatoms. The number of ether oxygens (including phenoxy) is 2. The molecular formula is C22H18BrNO3S2. The van der Waals surface area contributed by atoms with Crippen LogP contribution in [0.1, 0.15) is 11.1 Å². The number of thioether (sulfide) groups is 1. The first-order valence-corrected chi connectivity index (χ1v) is 10.8. The highest BCUT2D eigenvalue weighted by Gasteiger charge is 2.31. The number of hydrogen-bond donors (Lipinski definition) is 0. The fourth-order valence-corrected chi connectivity index (χ4v) is 4.69. The third kappa shape index (κ3) is 5.21. The first-order valence-electron chi connectivity index (χ1n) is 8.76. The van der Waals surface area contributed by atoms with E-state index in [1.54, 1.807) is 24.2 Å². The normalized spacial score (nSPS) is 14.9. The number of halogens is 1. The summed E-state index contributed by atoms with van der Waals surface area (Å²) in [4.78, 5) is 15.1. The van der Waals surface area contributed by atoms with Crippen molar-refractivity contribution in [1.82, 2.24) is 4.90 Å². The van der Waals surface area contributed by atoms with Crippen molar-refractivity contribution in [2.45, 2.75) is 6.42 Å². The minimum absolute atomic E-state index is 0.0846. The van der Waals surface area contributed by atoms with E-state index in [9.17, 15) is 4.79 Å². The number of hydrogen-bond acceptors (Lipinski definition) is 5. The van der Waals surface area contributed by atoms with E-state index in [1.807, 2.05) is 36.4 Å². The molecule has 0 spiro atoms. The molecule has 3 rings (SSSR count). The number of thiocarbonyl (C=S) groups is 1. The number of carbonyl (C=O) groups excluding carboxylic acids is 1. The van der Waals surface area contributed by atoms with Gasteiger partial charge in [-0.2, -0.15) is 0 Å². The molecule has 1 fully saturated rings. The van der Waals surface area contributed by atoms with Gasteiger partial charge in [-0.15, -0.1) is 6.42 Å². The average Bonchev–Trinajstić information content (AvgIpc) is 2.98. The Bertz CT molecular complexity index is 999. The first kappa shape index (κ1) is 21.4. The largest absolute Gasteiger partial charge is 0.493 e. The van der Waals surface area contributed by atoms with Gasteiger partial charge in [0.05, 0.1) is 16.5 Å². The van der Waals surface area contributed by atoms with Crippen LogP contribution in [0, 0.1) is 12.3 Å². The summed E-state index contributed by atoms with van der Waals surface area (Å²) in [5, 5.41) is 0. The molecule has 0 aromatic heterocycles. The number of methoxy groups -OCH3 is 1. The summed E-state index contributed by atoms with van der Waals surface area (Å²) in [5.74, 6) is 3.40. The average molecular weight is 488 g/mol. The summed E-state index contributed by atoms with van der Waals surface area (Å²) in [6, 6.07) is 13.7. The highest BCUT2D eigenvalue weighted by atomic mass is 79.9. The van der Waals surface area contributed by atoms with Gasteiger partial charge in [0.15, 0.2) is 11.5 Å². The van der Waals surface area contributed by atoms with Crippen molar-refractivity contribution in [3.8, 4) is 23.8 Å². The Balaban J connectivity index is 1.78. The molecule has 1 aliphatic heterocycles. The summed E-state index contributed by atoms with van der Waals surface area (Å²) < 4.78 is 12.2. The highest BCUT2D eigenvalue weighted by Crippen LogP contribution is 2.39. The number of carbonyl (C=O) groups is 1. The fourth-order valence-electron chi connectivity index (χ4n) is 2.81. The second-order valence-electron chi connectivity index (χ2n) is 6.10. The minimum atomic E-state index is -0.0846. The highest BCUT2D eigenvalue weighted by molar-refractivity contribution is 9.10. The lowest BCUT2D eigenvalue weighted by molar-refractivity contribution is -0.122. The van der Waals surface area contributed by atoms with Gasteiger partial charge in [0.1, 0.15) is 10.9 Å². The molecule has 0 bridgehead atoms. The van der Waals surface area contributed by atoms with E-state index >= 15 is 0 Å². The van der Waals surface area contributed by atoms with Gasteiger partial charge in [0.2, 0.25) is 0 Å². The molecule has 29 heavy (non-hydrogen) atoms. The van der Waals surface area contributed by atoms with Gasteiger partial charge in [-0.3, -0.25) is 9.69 Å². The molecular weight excluding hydrogens is 470 g/mol. The molecule has 2 aromatic rings. The molecule has 2 aromatic carbocycles. The number of nitrogens with zero attached hydrogens (tertiary/aromatic N) is 1. The van der Waals surface area contributed by atoms with Crippen molar-refractivity contribution < 1.29 is 14.3 Å². The van der Waals surface area contributed by atoms with E-state index in [2.05, 4.69) is 21.9 Å². The second kappa shape index (κ2) is 9.97. The third-order valence-corrected chi connectivity index (χ3v) is 6.16. The summed E-state index contributed by atoms with van der Waals surface area (Å²) in [6.45, 7) is 0.687. The molecule has 0 radical (unpaired) electrons. The zero-order chi connectivity index (χ0) is 20.8. The maximum absolute atomic E-state index is 12.8. The molecule has 0 aliphatic carbocycles. The fraction of sp³-hybridized carbons (Fsp3) is 0.182. The molecule has 0 N–H and O–H groups in total. The third-order valence-electron chi connectivity index (χ3n) is 4.19. The van der Waals surface area contributed by atoms with E-state index in [0.717, 1.165) is 12.0 Å². The first-order chi connectivity index (χ1) is 14.0. The molecule has 1 aliphatic rings. The lowest BCUT2D eigenvalue weighted by Gasteiger charge is -2.14. The van der Waals surface area contributed by atoms with Gasteiger partial charge in [0, 0.05) is 6.54 Å². The Hall–Kier alpha value is -2.27. The van der Waals surface area contributed by atoms with Gasteiger partial charge >= 0.3 is 0 Å². The van der Waals surface area contributed by atoms with Crippen LogP contribution in [0.4, 0.5) is 0 Å². The predicted molar refractivity (Wildman–Crippen MR) is 125 cm³/mol. The number of rotatable bonds is 7. The van der Waals surface area contributed by atoms with Gasteiger partial charge in [-0.1, -0.05) is 60.2 Å². The van der Waals surface area contributed by atoms with Crippen LogP contribution in [0.25, 0.3) is 6.08 Å². The van der Waals surface area contributed by atoms with Crippen LogP contribution in [0.15, 0.2) is 51.8 Å². The van der Waals surface area contributed by atoms with Crippen LogP contribution < -0.4 is 9.47 Å². The van der Waals surface area contributed by atoms with E-state index in [1.165, 1.54) is 17.3 Å². The Morgan fingerprint density at radius 2 is 2.07 bits per heavy atom. The molecule has 1 amide bonds. The van der Waals surface area contributed by atoms with Gasteiger partial charge in [0.25, 0.3) is 5.91 Å². The Labute approximate surface area is 188 Å². The zero-order valence-electron chi connectivity index (χ0n) is 15.7. The van der Waals surface area contributed by atoms with Gasteiger partial charge in [-0.05, 0) is 51.7 Å². The molecule has 1 saturated heterocycles. The zero-order valence-corrected chi connectivity index (χ0v) is 18.9. The van der Waals surface area contributed by atoms with Crippen LogP contribution in [0.3, 0.4) is 0 Å². The number of terminal acetylenes is 1. The Morgan fingerprint density at radius 3 is 2.76 bits per heavy atom. The Morgan fingerprint density at radius 1 is 1.31 bits per heavy atom. The maximum Gasteiger partial charge on any atom is 0.266 e. The smallest absolute Gasteiger partial charge is 0.266 e. The SMILES string of the molecule is C#CCOc1c(Br)cc(/C=C2\SC(=S)N(CCc3ccccc3)C2=O)cc1OC. The van der Waals surface area contributed by atoms with Crippen molar-refractivity contribution in [2.75, 3.05) is 20.3 Å². The number of amides is 1. The van der Waals surface area contributed by atoms with Gasteiger partial charge in [-0.25, -0.2) is 0 Å². The van der Waals surface area contributed by atoms with Crippen molar-refractivity contribution in [2.24, 2.45) is 0 Å². The summed E-state index contributed by atoms with van der Waals surface area (Å²) in [6.07, 6.45) is 7.82. The lowest BCUT2D eigenvalue weighted by atomic mass is 10.1. The van der Waals surface area contributed by atoms with Crippen molar-refractivity contribution in [1.29, 1.82) is 0 Å². The van der Waals surface area contributed by atoms with E-state index < -0.39 is 0 Å². The standard InChI is InChI=1S/C22H18BrNO3S2/c1-3-11-27-20-17(23)12-16(13-18(20)26-2)14-19-21(25)24(22(28)29-19)10-9-15-7-5-4-6-8-15/h1,4-8,12-14H,9-11H2,2H3/b19-14-. The summed E-state index contributed by atoms with van der Waals surface area (Å²) >= 11 is 10.2. The molecule has 4 nitrogen and oxygen atoms in total. The Kier molecular flexibility index (Phi) is 7.37. The van der Waals surface area contributed by atoms with Crippen LogP contribution in [0.5, 0.6) is 11.5 Å². The predicted octanol–water partition coefficient (Wildman–Crippen LogP) is 4.91. The van der Waals surface area contributed by atoms with Crippen molar-refractivity contribution in [3.63, 3.8) is 0 Å². The molecule has 0 unspecified atom stereocenters. The summed E-state index contributed by atoms with van der Waals surface area (Å²) in [7, 11) is 1.55. The molecule has 0 saturated carbocycles. The van der Waals surface area contributed by atoms with Gasteiger partial charge < -0.3 is 9.47 Å². The van der Waals surface area contributed by atoms with Crippen LogP contribution >= 0.6 is 39.9 Å². The van der Waals surface area contributed by atoms with Crippen molar-refractivity contribution >= 4 is 56.2 Å². The number of benzene rings is 2. The molecule has 0 atom stereocenters. The maximum atomic E-state index is 12.8. The van der Waals surface area contributed by atoms with E-state index in [4.69, 9.17) is 28.1 Å². The monoisotopic (exact) mass is 487 g/mol. The molecule has 1 heterocycles. The van der Waals surface area contributed by atoms with Crippen LogP contribution in [0.2, 0.25) is 0 Å². The lowest BCUT2D eigenvalue weighted by Crippen LogP contribution is -2.30. The second-order valence-corrected chi connectivity index (χ2v) is 8.63. The van der Waals surface area contributed by atoms with Crippen LogP contribution in [-0.4, -0.2) is 35.4 Å². The van der Waals surface area contributed by atoms with Crippen LogP contribution in [-0.2, 0) is 11.2 Å².